The van der Waals surface area contributed by atoms with Crippen LogP contribution in [-0.2, 0) is 33.9 Å². The molecule has 8 nitrogen and oxygen atoms in total. The molecule has 2 bridgehead atoms. The molecule has 0 aromatic carbocycles. The van der Waals surface area contributed by atoms with Crippen LogP contribution in [-0.4, -0.2) is 49.7 Å². The first kappa shape index (κ1) is 29.2. The lowest BCUT2D eigenvalue weighted by Crippen LogP contribution is -2.43. The van der Waals surface area contributed by atoms with E-state index >= 15 is 0 Å². The monoisotopic (exact) mass is 538 g/mol. The van der Waals surface area contributed by atoms with E-state index in [0.29, 0.717) is 38.2 Å². The third-order valence-electron chi connectivity index (χ3n) is 8.14. The van der Waals surface area contributed by atoms with Crippen LogP contribution in [0.25, 0.3) is 0 Å². The van der Waals surface area contributed by atoms with Crippen LogP contribution in [0.2, 0.25) is 0 Å². The van der Waals surface area contributed by atoms with Crippen molar-refractivity contribution in [2.24, 2.45) is 29.6 Å². The summed E-state index contributed by atoms with van der Waals surface area (Å²) in [5.41, 5.74) is 0. The van der Waals surface area contributed by atoms with Crippen molar-refractivity contribution >= 4 is 22.1 Å². The van der Waals surface area contributed by atoms with Crippen molar-refractivity contribution in [1.82, 2.24) is 0 Å². The number of carbonyl (C=O) groups is 2. The minimum atomic E-state index is -5.90. The van der Waals surface area contributed by atoms with E-state index in [4.69, 9.17) is 18.8 Å². The third-order valence-corrected chi connectivity index (χ3v) is 8.95. The summed E-state index contributed by atoms with van der Waals surface area (Å²) >= 11 is 0. The van der Waals surface area contributed by atoms with Gasteiger partial charge in [-0.25, -0.2) is 4.79 Å². The summed E-state index contributed by atoms with van der Waals surface area (Å²) in [6, 6.07) is 0. The molecule has 3 aliphatic rings. The topological polar surface area (TPSA) is 116 Å². The smallest absolute Gasteiger partial charge is 0.457 e. The molecule has 0 aromatic heterocycles. The molecule has 0 aliphatic heterocycles. The molecule has 5 unspecified atom stereocenters. The van der Waals surface area contributed by atoms with Crippen LogP contribution in [0.15, 0.2) is 0 Å². The molecule has 11 heteroatoms. The normalized spacial score (nSPS) is 31.0. The SMILES string of the molecule is CCCC1CC(CCC(=O)OCOCC2CC3CCCC(C3)C2)CCC1OC(=O)C(F)(F)S(=O)(=O)O. The van der Waals surface area contributed by atoms with Crippen LogP contribution in [0.5, 0.6) is 0 Å². The fourth-order valence-electron chi connectivity index (χ4n) is 6.46. The van der Waals surface area contributed by atoms with Crippen LogP contribution < -0.4 is 0 Å². The van der Waals surface area contributed by atoms with E-state index in [-0.39, 0.29) is 37.4 Å². The molecule has 3 rings (SSSR count). The molecule has 208 valence electrons. The molecule has 0 aromatic rings. The van der Waals surface area contributed by atoms with E-state index in [2.05, 4.69) is 0 Å². The summed E-state index contributed by atoms with van der Waals surface area (Å²) in [6.45, 7) is 2.48. The van der Waals surface area contributed by atoms with Crippen molar-refractivity contribution in [3.05, 3.63) is 0 Å². The average molecular weight is 539 g/mol. The molecule has 0 saturated heterocycles. The number of esters is 2. The Balaban J connectivity index is 1.35. The second-order valence-electron chi connectivity index (χ2n) is 10.9. The molecular formula is C25H40F2O8S. The molecule has 36 heavy (non-hydrogen) atoms. The quantitative estimate of drug-likeness (QED) is 0.158. The molecule has 3 fully saturated rings. The van der Waals surface area contributed by atoms with Gasteiger partial charge in [-0.15, -0.1) is 0 Å². The highest BCUT2D eigenvalue weighted by Crippen LogP contribution is 2.42. The summed E-state index contributed by atoms with van der Waals surface area (Å²) in [5.74, 6) is -0.507. The maximum absolute atomic E-state index is 13.6. The maximum atomic E-state index is 13.6. The molecule has 1 N–H and O–H groups in total. The number of fused-ring (bicyclic) bond motifs is 2. The van der Waals surface area contributed by atoms with E-state index in [1.165, 1.54) is 38.5 Å². The van der Waals surface area contributed by atoms with Gasteiger partial charge in [-0.1, -0.05) is 32.6 Å². The first-order valence-electron chi connectivity index (χ1n) is 13.3. The van der Waals surface area contributed by atoms with Crippen LogP contribution >= 0.6 is 0 Å². The first-order valence-corrected chi connectivity index (χ1v) is 14.7. The number of ether oxygens (including phenoxy) is 3. The van der Waals surface area contributed by atoms with Gasteiger partial charge in [-0.3, -0.25) is 9.35 Å². The van der Waals surface area contributed by atoms with Gasteiger partial charge in [0.05, 0.1) is 6.61 Å². The van der Waals surface area contributed by atoms with Crippen LogP contribution in [0.1, 0.15) is 90.4 Å². The van der Waals surface area contributed by atoms with Gasteiger partial charge in [0.25, 0.3) is 0 Å². The Kier molecular flexibility index (Phi) is 10.5. The zero-order chi connectivity index (χ0) is 26.3. The number of hydrogen-bond donors (Lipinski definition) is 1. The van der Waals surface area contributed by atoms with Crippen LogP contribution in [0.3, 0.4) is 0 Å². The van der Waals surface area contributed by atoms with Gasteiger partial charge in [0.1, 0.15) is 6.10 Å². The van der Waals surface area contributed by atoms with Crippen LogP contribution in [0, 0.1) is 29.6 Å². The molecule has 3 aliphatic carbocycles. The van der Waals surface area contributed by atoms with Crippen molar-refractivity contribution in [2.45, 2.75) is 102 Å². The maximum Gasteiger partial charge on any atom is 0.465 e. The Bertz CT molecular complexity index is 837. The fraction of sp³-hybridized carbons (Fsp3) is 0.920. The van der Waals surface area contributed by atoms with E-state index in [1.54, 1.807) is 0 Å². The zero-order valence-corrected chi connectivity index (χ0v) is 21.9. The number of alkyl halides is 2. The van der Waals surface area contributed by atoms with Crippen molar-refractivity contribution in [3.63, 3.8) is 0 Å². The second-order valence-corrected chi connectivity index (χ2v) is 12.4. The van der Waals surface area contributed by atoms with Crippen molar-refractivity contribution in [1.29, 1.82) is 0 Å². The van der Waals surface area contributed by atoms with Crippen molar-refractivity contribution < 1.29 is 45.6 Å². The highest BCUT2D eigenvalue weighted by atomic mass is 32.2. The lowest BCUT2D eigenvalue weighted by Gasteiger charge is -2.38. The molecule has 5 atom stereocenters. The molecular weight excluding hydrogens is 498 g/mol. The Hall–Kier alpha value is -1.33. The third kappa shape index (κ3) is 8.08. The van der Waals surface area contributed by atoms with Gasteiger partial charge < -0.3 is 14.2 Å². The predicted molar refractivity (Wildman–Crippen MR) is 126 cm³/mol. The summed E-state index contributed by atoms with van der Waals surface area (Å²) in [7, 11) is -5.90. The van der Waals surface area contributed by atoms with E-state index < -0.39 is 27.4 Å². The zero-order valence-electron chi connectivity index (χ0n) is 21.0. The Morgan fingerprint density at radius 2 is 1.67 bits per heavy atom. The lowest BCUT2D eigenvalue weighted by molar-refractivity contribution is -0.172. The fourth-order valence-corrected chi connectivity index (χ4v) is 6.72. The molecule has 0 spiro atoms. The van der Waals surface area contributed by atoms with Crippen molar-refractivity contribution in [2.75, 3.05) is 13.4 Å². The van der Waals surface area contributed by atoms with Gasteiger partial charge in [0.2, 0.25) is 0 Å². The number of hydrogen-bond acceptors (Lipinski definition) is 7. The molecule has 0 heterocycles. The largest absolute Gasteiger partial charge is 0.465 e. The Labute approximate surface area is 212 Å². The number of rotatable bonds is 12. The highest BCUT2D eigenvalue weighted by Gasteiger charge is 2.55. The van der Waals surface area contributed by atoms with E-state index in [1.807, 2.05) is 6.92 Å². The second kappa shape index (κ2) is 13.0. The minimum absolute atomic E-state index is 0.0478. The molecule has 3 saturated carbocycles. The molecule has 0 amide bonds. The minimum Gasteiger partial charge on any atom is -0.457 e. The van der Waals surface area contributed by atoms with E-state index in [0.717, 1.165) is 18.3 Å². The Morgan fingerprint density at radius 3 is 2.31 bits per heavy atom. The predicted octanol–water partition coefficient (Wildman–Crippen LogP) is 5.11. The van der Waals surface area contributed by atoms with Crippen LogP contribution in [0.4, 0.5) is 8.78 Å². The van der Waals surface area contributed by atoms with Crippen molar-refractivity contribution in [3.8, 4) is 0 Å². The van der Waals surface area contributed by atoms with Gasteiger partial charge in [-0.05, 0) is 81.0 Å². The summed E-state index contributed by atoms with van der Waals surface area (Å²) in [4.78, 5) is 23.9. The average Bonchev–Trinajstić information content (AvgIpc) is 2.81. The standard InChI is InChI=1S/C25H40F2O8S/c1-2-4-21-14-17(7-9-22(21)35-24(29)25(26,27)36(30,31)32)8-10-23(28)34-16-33-15-20-12-18-5-3-6-19(11-18)13-20/h17-22H,2-16H2,1H3,(H,30,31,32). The van der Waals surface area contributed by atoms with Gasteiger partial charge in [-0.2, -0.15) is 17.2 Å². The Morgan fingerprint density at radius 1 is 0.972 bits per heavy atom. The van der Waals surface area contributed by atoms with Gasteiger partial charge >= 0.3 is 27.3 Å². The number of carbonyl (C=O) groups excluding carboxylic acids is 2. The van der Waals surface area contributed by atoms with Gasteiger partial charge in [0, 0.05) is 6.42 Å². The lowest BCUT2D eigenvalue weighted by atomic mass is 9.68. The summed E-state index contributed by atoms with van der Waals surface area (Å²) in [5, 5.41) is -5.00. The highest BCUT2D eigenvalue weighted by molar-refractivity contribution is 7.87. The molecule has 0 radical (unpaired) electrons. The van der Waals surface area contributed by atoms with E-state index in [9.17, 15) is 26.8 Å². The first-order chi connectivity index (χ1) is 17.0. The number of halogens is 2. The summed E-state index contributed by atoms with van der Waals surface area (Å²) < 4.78 is 73.1. The van der Waals surface area contributed by atoms with Gasteiger partial charge in [0.15, 0.2) is 6.79 Å². The summed E-state index contributed by atoms with van der Waals surface area (Å²) in [6.07, 6.45) is 10.4.